The largest absolute Gasteiger partial charge is 0.375 e. The number of amides is 1. The molecule has 26 heavy (non-hydrogen) atoms. The van der Waals surface area contributed by atoms with Gasteiger partial charge in [-0.1, -0.05) is 5.16 Å². The normalized spacial score (nSPS) is 20.9. The van der Waals surface area contributed by atoms with Gasteiger partial charge < -0.3 is 19.9 Å². The number of benzene rings is 1. The summed E-state index contributed by atoms with van der Waals surface area (Å²) in [6, 6.07) is 3.73. The SMILES string of the molecule is Cc1cc(-c2noc(C(C)NC(=O)[C@H]3NCCO[C@@H]3C)n2)ccc1F.Cl. The van der Waals surface area contributed by atoms with E-state index in [2.05, 4.69) is 20.8 Å². The number of hydrogen-bond acceptors (Lipinski definition) is 6. The molecule has 1 amide bonds. The van der Waals surface area contributed by atoms with Crippen molar-refractivity contribution in [1.82, 2.24) is 20.8 Å². The highest BCUT2D eigenvalue weighted by atomic mass is 35.5. The average molecular weight is 385 g/mol. The first-order valence-corrected chi connectivity index (χ1v) is 8.21. The predicted octanol–water partition coefficient (Wildman–Crippen LogP) is 2.16. The van der Waals surface area contributed by atoms with Crippen LogP contribution in [-0.2, 0) is 9.53 Å². The Kier molecular flexibility index (Phi) is 6.69. The minimum atomic E-state index is -0.453. The highest BCUT2D eigenvalue weighted by molar-refractivity contribution is 5.85. The summed E-state index contributed by atoms with van der Waals surface area (Å²) in [5.74, 6) is 0.169. The maximum absolute atomic E-state index is 13.4. The summed E-state index contributed by atoms with van der Waals surface area (Å²) in [7, 11) is 0. The molecule has 7 nitrogen and oxygen atoms in total. The second-order valence-corrected chi connectivity index (χ2v) is 6.16. The van der Waals surface area contributed by atoms with E-state index in [1.165, 1.54) is 6.07 Å². The molecule has 2 N–H and O–H groups in total. The molecule has 0 saturated carbocycles. The maximum Gasteiger partial charge on any atom is 0.249 e. The van der Waals surface area contributed by atoms with E-state index in [0.717, 1.165) is 0 Å². The molecular formula is C17H22ClFN4O3. The van der Waals surface area contributed by atoms with Gasteiger partial charge in [-0.25, -0.2) is 4.39 Å². The Morgan fingerprint density at radius 3 is 2.92 bits per heavy atom. The molecule has 0 radical (unpaired) electrons. The fourth-order valence-electron chi connectivity index (χ4n) is 2.70. The van der Waals surface area contributed by atoms with Crippen LogP contribution in [0.5, 0.6) is 0 Å². The Labute approximate surface area is 157 Å². The second kappa shape index (κ2) is 8.57. The predicted molar refractivity (Wildman–Crippen MR) is 95.4 cm³/mol. The van der Waals surface area contributed by atoms with E-state index >= 15 is 0 Å². The van der Waals surface area contributed by atoms with Crippen LogP contribution in [0.15, 0.2) is 22.7 Å². The molecule has 0 aliphatic carbocycles. The zero-order valence-corrected chi connectivity index (χ0v) is 15.6. The Bertz CT molecular complexity index is 770. The van der Waals surface area contributed by atoms with Gasteiger partial charge in [0.25, 0.3) is 0 Å². The van der Waals surface area contributed by atoms with Crippen LogP contribution in [0, 0.1) is 12.7 Å². The summed E-state index contributed by atoms with van der Waals surface area (Å²) >= 11 is 0. The Hall–Kier alpha value is -2.03. The summed E-state index contributed by atoms with van der Waals surface area (Å²) < 4.78 is 24.1. The molecule has 3 atom stereocenters. The van der Waals surface area contributed by atoms with Gasteiger partial charge in [0.2, 0.25) is 17.6 Å². The molecule has 142 valence electrons. The molecule has 1 aromatic heterocycles. The number of carbonyl (C=O) groups excluding carboxylic acids is 1. The van der Waals surface area contributed by atoms with Crippen molar-refractivity contribution in [1.29, 1.82) is 0 Å². The summed E-state index contributed by atoms with van der Waals surface area (Å²) in [4.78, 5) is 16.7. The van der Waals surface area contributed by atoms with Crippen LogP contribution in [0.3, 0.4) is 0 Å². The topological polar surface area (TPSA) is 89.3 Å². The Morgan fingerprint density at radius 2 is 2.23 bits per heavy atom. The molecule has 9 heteroatoms. The zero-order valence-electron chi connectivity index (χ0n) is 14.8. The van der Waals surface area contributed by atoms with Crippen molar-refractivity contribution in [2.45, 2.75) is 39.0 Å². The lowest BCUT2D eigenvalue weighted by atomic mass is 10.1. The van der Waals surface area contributed by atoms with Crippen LogP contribution >= 0.6 is 12.4 Å². The van der Waals surface area contributed by atoms with Crippen molar-refractivity contribution >= 4 is 18.3 Å². The van der Waals surface area contributed by atoms with E-state index < -0.39 is 12.1 Å². The van der Waals surface area contributed by atoms with Crippen LogP contribution < -0.4 is 10.6 Å². The van der Waals surface area contributed by atoms with Crippen molar-refractivity contribution < 1.29 is 18.4 Å². The van der Waals surface area contributed by atoms with Crippen molar-refractivity contribution in [3.63, 3.8) is 0 Å². The molecule has 1 aromatic carbocycles. The molecule has 1 saturated heterocycles. The molecule has 0 spiro atoms. The molecule has 1 fully saturated rings. The zero-order chi connectivity index (χ0) is 18.0. The van der Waals surface area contributed by atoms with Crippen LogP contribution in [0.4, 0.5) is 4.39 Å². The van der Waals surface area contributed by atoms with Crippen LogP contribution in [-0.4, -0.2) is 41.3 Å². The number of hydrogen-bond donors (Lipinski definition) is 2. The fourth-order valence-corrected chi connectivity index (χ4v) is 2.70. The van der Waals surface area contributed by atoms with Gasteiger partial charge >= 0.3 is 0 Å². The monoisotopic (exact) mass is 384 g/mol. The standard InChI is InChI=1S/C17H21FN4O3.ClH/c1-9-8-12(4-5-13(9)18)15-21-17(25-22-15)10(2)20-16(23)14-11(3)24-7-6-19-14;/h4-5,8,10-11,14,19H,6-7H2,1-3H3,(H,20,23);1H/t10?,11-,14+;/m1./s1. The van der Waals surface area contributed by atoms with Gasteiger partial charge in [-0.05, 0) is 44.5 Å². The van der Waals surface area contributed by atoms with E-state index in [1.807, 2.05) is 6.92 Å². The number of aryl methyl sites for hydroxylation is 1. The van der Waals surface area contributed by atoms with Gasteiger partial charge in [0.15, 0.2) is 0 Å². The average Bonchev–Trinajstić information content (AvgIpc) is 3.08. The quantitative estimate of drug-likeness (QED) is 0.839. The maximum atomic E-state index is 13.4. The highest BCUT2D eigenvalue weighted by Gasteiger charge is 2.30. The number of morpholine rings is 1. The lowest BCUT2D eigenvalue weighted by molar-refractivity contribution is -0.129. The van der Waals surface area contributed by atoms with Gasteiger partial charge in [-0.2, -0.15) is 4.98 Å². The van der Waals surface area contributed by atoms with Crippen LogP contribution in [0.2, 0.25) is 0 Å². The third kappa shape index (κ3) is 4.38. The summed E-state index contributed by atoms with van der Waals surface area (Å²) in [5.41, 5.74) is 1.16. The molecule has 1 unspecified atom stereocenters. The van der Waals surface area contributed by atoms with Crippen molar-refractivity contribution in [3.05, 3.63) is 35.5 Å². The molecule has 1 aliphatic heterocycles. The number of nitrogens with zero attached hydrogens (tertiary/aromatic N) is 2. The number of nitrogens with one attached hydrogen (secondary N) is 2. The number of ether oxygens (including phenoxy) is 1. The molecule has 3 rings (SSSR count). The van der Waals surface area contributed by atoms with Crippen molar-refractivity contribution in [2.75, 3.05) is 13.2 Å². The van der Waals surface area contributed by atoms with Gasteiger partial charge in [-0.3, -0.25) is 4.79 Å². The van der Waals surface area contributed by atoms with Gasteiger partial charge in [0.05, 0.1) is 12.7 Å². The third-order valence-corrected chi connectivity index (χ3v) is 4.19. The van der Waals surface area contributed by atoms with E-state index in [4.69, 9.17) is 9.26 Å². The molecule has 2 heterocycles. The number of aromatic nitrogens is 2. The van der Waals surface area contributed by atoms with Gasteiger partial charge in [-0.15, -0.1) is 12.4 Å². The van der Waals surface area contributed by atoms with E-state index in [0.29, 0.717) is 30.1 Å². The van der Waals surface area contributed by atoms with E-state index in [-0.39, 0.29) is 36.1 Å². The van der Waals surface area contributed by atoms with Crippen molar-refractivity contribution in [2.24, 2.45) is 0 Å². The minimum Gasteiger partial charge on any atom is -0.375 e. The van der Waals surface area contributed by atoms with Crippen molar-refractivity contribution in [3.8, 4) is 11.4 Å². The summed E-state index contributed by atoms with van der Waals surface area (Å²) in [6.45, 7) is 6.50. The highest BCUT2D eigenvalue weighted by Crippen LogP contribution is 2.21. The number of halogens is 2. The fraction of sp³-hybridized carbons (Fsp3) is 0.471. The number of rotatable bonds is 4. The Balaban J connectivity index is 0.00000243. The van der Waals surface area contributed by atoms with E-state index in [1.54, 1.807) is 26.0 Å². The lowest BCUT2D eigenvalue weighted by Crippen LogP contribution is -2.55. The molecule has 2 aromatic rings. The lowest BCUT2D eigenvalue weighted by Gasteiger charge is -2.29. The Morgan fingerprint density at radius 1 is 1.46 bits per heavy atom. The molecule has 0 bridgehead atoms. The first-order chi connectivity index (χ1) is 12.0. The summed E-state index contributed by atoms with van der Waals surface area (Å²) in [5, 5.41) is 9.89. The third-order valence-electron chi connectivity index (χ3n) is 4.19. The first kappa shape index (κ1) is 20.3. The van der Waals surface area contributed by atoms with Crippen LogP contribution in [0.1, 0.15) is 31.3 Å². The van der Waals surface area contributed by atoms with Crippen LogP contribution in [0.25, 0.3) is 11.4 Å². The molecular weight excluding hydrogens is 363 g/mol. The minimum absolute atomic E-state index is 0. The first-order valence-electron chi connectivity index (χ1n) is 8.21. The summed E-state index contributed by atoms with van der Waals surface area (Å²) in [6.07, 6.45) is -0.207. The van der Waals surface area contributed by atoms with Gasteiger partial charge in [0, 0.05) is 12.1 Å². The smallest absolute Gasteiger partial charge is 0.249 e. The molecule has 1 aliphatic rings. The number of carbonyl (C=O) groups is 1. The second-order valence-electron chi connectivity index (χ2n) is 6.16. The van der Waals surface area contributed by atoms with Gasteiger partial charge in [0.1, 0.15) is 17.9 Å². The van der Waals surface area contributed by atoms with E-state index in [9.17, 15) is 9.18 Å².